The van der Waals surface area contributed by atoms with Crippen molar-refractivity contribution in [1.29, 1.82) is 0 Å². The summed E-state index contributed by atoms with van der Waals surface area (Å²) in [5.41, 5.74) is 0. The van der Waals surface area contributed by atoms with E-state index in [1.165, 1.54) is 30.2 Å². The van der Waals surface area contributed by atoms with Crippen LogP contribution in [0.2, 0.25) is 0 Å². The molecule has 2 N–H and O–H groups in total. The van der Waals surface area contributed by atoms with Crippen LogP contribution in [0.15, 0.2) is 17.0 Å². The van der Waals surface area contributed by atoms with Gasteiger partial charge in [0.25, 0.3) is 0 Å². The number of rotatable bonds is 10. The third-order valence-electron chi connectivity index (χ3n) is 2.66. The van der Waals surface area contributed by atoms with Crippen LogP contribution in [0.3, 0.4) is 0 Å². The first-order valence-electron chi connectivity index (χ1n) is 7.14. The van der Waals surface area contributed by atoms with Crippen molar-refractivity contribution >= 4 is 40.1 Å². The molecule has 0 saturated heterocycles. The third kappa shape index (κ3) is 7.47. The van der Waals surface area contributed by atoms with Gasteiger partial charge in [0.2, 0.25) is 11.0 Å². The van der Waals surface area contributed by atoms with Gasteiger partial charge in [0.05, 0.1) is 12.9 Å². The summed E-state index contributed by atoms with van der Waals surface area (Å²) in [6.45, 7) is 8.18. The van der Waals surface area contributed by atoms with Crippen molar-refractivity contribution in [2.45, 2.75) is 30.6 Å². The molecule has 0 bridgehead atoms. The van der Waals surface area contributed by atoms with E-state index in [1.54, 1.807) is 6.08 Å². The molecule has 0 saturated carbocycles. The van der Waals surface area contributed by atoms with Crippen molar-refractivity contribution in [3.63, 3.8) is 0 Å². The second-order valence-electron chi connectivity index (χ2n) is 5.10. The van der Waals surface area contributed by atoms with Crippen molar-refractivity contribution in [3.05, 3.63) is 12.7 Å². The van der Waals surface area contributed by atoms with Crippen LogP contribution in [0.5, 0.6) is 0 Å². The lowest BCUT2D eigenvalue weighted by Crippen LogP contribution is -2.43. The summed E-state index contributed by atoms with van der Waals surface area (Å²) in [6.07, 6.45) is 2.26. The van der Waals surface area contributed by atoms with Crippen molar-refractivity contribution in [2.75, 3.05) is 24.7 Å². The number of nitrogens with one attached hydrogen (secondary N) is 2. The molecule has 0 fully saturated rings. The third-order valence-corrected chi connectivity index (χ3v) is 4.67. The number of carbonyl (C=O) groups is 2. The number of carbonyl (C=O) groups excluding carboxylic acids is 2. The lowest BCUT2D eigenvalue weighted by molar-refractivity contribution is -0.145. The number of nitrogens with zero attached hydrogens (tertiary/aromatic N) is 2. The van der Waals surface area contributed by atoms with Crippen molar-refractivity contribution in [1.82, 2.24) is 15.5 Å². The van der Waals surface area contributed by atoms with E-state index < -0.39 is 12.0 Å². The Hall–Kier alpha value is -1.61. The Balaban J connectivity index is 2.46. The first-order valence-corrected chi connectivity index (χ1v) is 8.94. The van der Waals surface area contributed by atoms with Crippen LogP contribution in [0.25, 0.3) is 0 Å². The summed E-state index contributed by atoms with van der Waals surface area (Å²) in [4.78, 5) is 23.7. The largest absolute Gasteiger partial charge is 0.467 e. The van der Waals surface area contributed by atoms with Gasteiger partial charge in [-0.15, -0.1) is 16.8 Å². The Morgan fingerprint density at radius 2 is 2.17 bits per heavy atom. The van der Waals surface area contributed by atoms with E-state index in [2.05, 4.69) is 27.4 Å². The van der Waals surface area contributed by atoms with Crippen LogP contribution in [-0.4, -0.2) is 47.5 Å². The number of esters is 1. The Morgan fingerprint density at radius 3 is 2.78 bits per heavy atom. The Bertz CT molecular complexity index is 534. The number of anilines is 1. The molecular weight excluding hydrogens is 336 g/mol. The molecule has 0 aliphatic rings. The summed E-state index contributed by atoms with van der Waals surface area (Å²) in [6, 6.07) is -0.618. The fraction of sp³-hybridized carbons (Fsp3) is 0.571. The molecule has 1 aromatic rings. The average molecular weight is 358 g/mol. The number of thioether (sulfide) groups is 1. The lowest BCUT2D eigenvalue weighted by atomic mass is 10.0. The zero-order valence-corrected chi connectivity index (χ0v) is 15.1. The molecule has 1 rings (SSSR count). The number of ether oxygens (including phenoxy) is 1. The fourth-order valence-electron chi connectivity index (χ4n) is 1.69. The number of amides is 1. The number of aromatic nitrogens is 2. The lowest BCUT2D eigenvalue weighted by Gasteiger charge is -2.17. The molecule has 0 radical (unpaired) electrons. The molecule has 0 unspecified atom stereocenters. The molecule has 7 nitrogen and oxygen atoms in total. The molecule has 1 aromatic heterocycles. The van der Waals surface area contributed by atoms with Gasteiger partial charge >= 0.3 is 5.97 Å². The average Bonchev–Trinajstić information content (AvgIpc) is 2.97. The quantitative estimate of drug-likeness (QED) is 0.375. The van der Waals surface area contributed by atoms with E-state index in [4.69, 9.17) is 4.74 Å². The van der Waals surface area contributed by atoms with E-state index in [0.29, 0.717) is 22.4 Å². The summed E-state index contributed by atoms with van der Waals surface area (Å²) in [5, 5.41) is 14.4. The smallest absolute Gasteiger partial charge is 0.328 e. The molecule has 0 aliphatic carbocycles. The number of hydrogen-bond donors (Lipinski definition) is 2. The minimum absolute atomic E-state index is 0.168. The second kappa shape index (κ2) is 10.2. The van der Waals surface area contributed by atoms with Crippen LogP contribution < -0.4 is 10.6 Å². The Labute approximate surface area is 144 Å². The highest BCUT2D eigenvalue weighted by Gasteiger charge is 2.22. The van der Waals surface area contributed by atoms with E-state index >= 15 is 0 Å². The van der Waals surface area contributed by atoms with Gasteiger partial charge in [0, 0.05) is 6.54 Å². The number of hydrogen-bond acceptors (Lipinski definition) is 8. The predicted octanol–water partition coefficient (Wildman–Crippen LogP) is 1.93. The summed E-state index contributed by atoms with van der Waals surface area (Å²) in [7, 11) is 1.32. The summed E-state index contributed by atoms with van der Waals surface area (Å²) in [5.74, 6) is -0.221. The molecule has 128 valence electrons. The first kappa shape index (κ1) is 19.4. The minimum Gasteiger partial charge on any atom is -0.467 e. The molecule has 9 heteroatoms. The van der Waals surface area contributed by atoms with Gasteiger partial charge in [0.15, 0.2) is 4.34 Å². The van der Waals surface area contributed by atoms with Crippen LogP contribution in [-0.2, 0) is 14.3 Å². The van der Waals surface area contributed by atoms with Gasteiger partial charge < -0.3 is 15.4 Å². The van der Waals surface area contributed by atoms with Gasteiger partial charge in [-0.25, -0.2) is 4.79 Å². The maximum atomic E-state index is 12.0. The Morgan fingerprint density at radius 1 is 1.43 bits per heavy atom. The van der Waals surface area contributed by atoms with Crippen molar-refractivity contribution in [2.24, 2.45) is 5.92 Å². The van der Waals surface area contributed by atoms with Crippen LogP contribution in [0.4, 0.5) is 5.13 Å². The summed E-state index contributed by atoms with van der Waals surface area (Å²) < 4.78 is 5.41. The van der Waals surface area contributed by atoms with E-state index in [0.717, 1.165) is 0 Å². The first-order chi connectivity index (χ1) is 11.0. The van der Waals surface area contributed by atoms with Crippen molar-refractivity contribution in [3.8, 4) is 0 Å². The molecule has 0 aliphatic heterocycles. The second-order valence-corrected chi connectivity index (χ2v) is 7.30. The van der Waals surface area contributed by atoms with Gasteiger partial charge in [-0.05, 0) is 12.3 Å². The van der Waals surface area contributed by atoms with Gasteiger partial charge in [-0.2, -0.15) is 0 Å². The highest BCUT2D eigenvalue weighted by Crippen LogP contribution is 2.25. The molecular formula is C14H22N4O3S2. The SMILES string of the molecule is C=CCNc1nnc(SCC(=O)N[C@H](CC(C)C)C(=O)OC)s1. The molecule has 0 aromatic carbocycles. The minimum atomic E-state index is -0.618. The summed E-state index contributed by atoms with van der Waals surface area (Å²) >= 11 is 2.64. The van der Waals surface area contributed by atoms with E-state index in [1.807, 2.05) is 13.8 Å². The molecule has 1 heterocycles. The molecule has 23 heavy (non-hydrogen) atoms. The maximum absolute atomic E-state index is 12.0. The van der Waals surface area contributed by atoms with Crippen molar-refractivity contribution < 1.29 is 14.3 Å². The zero-order chi connectivity index (χ0) is 17.2. The highest BCUT2D eigenvalue weighted by atomic mass is 32.2. The Kier molecular flexibility index (Phi) is 8.64. The van der Waals surface area contributed by atoms with Crippen LogP contribution >= 0.6 is 23.1 Å². The van der Waals surface area contributed by atoms with Gasteiger partial charge in [-0.3, -0.25) is 4.79 Å². The maximum Gasteiger partial charge on any atom is 0.328 e. The van der Waals surface area contributed by atoms with Crippen LogP contribution in [0.1, 0.15) is 20.3 Å². The number of methoxy groups -OCH3 is 1. The van der Waals surface area contributed by atoms with E-state index in [-0.39, 0.29) is 17.6 Å². The highest BCUT2D eigenvalue weighted by molar-refractivity contribution is 8.01. The monoisotopic (exact) mass is 358 g/mol. The van der Waals surface area contributed by atoms with E-state index in [9.17, 15) is 9.59 Å². The normalized spacial score (nSPS) is 11.8. The molecule has 0 spiro atoms. The standard InChI is InChI=1S/C14H22N4O3S2/c1-5-6-15-13-17-18-14(23-13)22-8-11(19)16-10(7-9(2)3)12(20)21-4/h5,9-10H,1,6-8H2,2-4H3,(H,15,17)(H,16,19)/t10-/m1/s1. The molecule has 1 amide bonds. The fourth-order valence-corrected chi connectivity index (χ4v) is 3.26. The predicted molar refractivity (Wildman–Crippen MR) is 92.7 cm³/mol. The topological polar surface area (TPSA) is 93.2 Å². The van der Waals surface area contributed by atoms with Gasteiger partial charge in [-0.1, -0.05) is 43.0 Å². The zero-order valence-electron chi connectivity index (χ0n) is 13.5. The van der Waals surface area contributed by atoms with Crippen LogP contribution in [0, 0.1) is 5.92 Å². The van der Waals surface area contributed by atoms with Gasteiger partial charge in [0.1, 0.15) is 6.04 Å². The molecule has 1 atom stereocenters.